The number of likely N-dealkylation sites (tertiary alicyclic amines) is 1. The first-order chi connectivity index (χ1) is 31.8. The number of nitrogens with one attached hydrogen (secondary N) is 1. The number of para-hydroxylation sites is 2. The van der Waals surface area contributed by atoms with Gasteiger partial charge in [0.1, 0.15) is 23.0 Å². The van der Waals surface area contributed by atoms with Crippen LogP contribution < -0.4 is 43.2 Å². The second-order valence-electron chi connectivity index (χ2n) is 18.1. The number of alkyl halides is 1. The quantitative estimate of drug-likeness (QED) is 0.110. The topological polar surface area (TPSA) is 126 Å². The summed E-state index contributed by atoms with van der Waals surface area (Å²) in [5, 5.41) is 14.8. The molecule has 0 aromatic heterocycles. The Hall–Kier alpha value is -4.88. The molecule has 3 atom stereocenters. The van der Waals surface area contributed by atoms with Gasteiger partial charge in [0.15, 0.2) is 28.8 Å². The van der Waals surface area contributed by atoms with Gasteiger partial charge in [-0.25, -0.2) is 0 Å². The molecule has 0 bridgehead atoms. The lowest BCUT2D eigenvalue weighted by Crippen LogP contribution is -2.52. The molecule has 382 valence electrons. The van der Waals surface area contributed by atoms with Crippen molar-refractivity contribution >= 4 is 17.4 Å². The van der Waals surface area contributed by atoms with E-state index < -0.39 is 6.10 Å². The molecule has 0 spiro atoms. The van der Waals surface area contributed by atoms with Gasteiger partial charge >= 0.3 is 0 Å². The van der Waals surface area contributed by atoms with E-state index in [2.05, 4.69) is 22.3 Å². The van der Waals surface area contributed by atoms with Crippen molar-refractivity contribution in [2.75, 3.05) is 79.6 Å². The largest absolute Gasteiger partial charge is 0.496 e. The van der Waals surface area contributed by atoms with Gasteiger partial charge in [-0.3, -0.25) is 4.79 Å². The van der Waals surface area contributed by atoms with Gasteiger partial charge in [-0.2, -0.15) is 0 Å². The summed E-state index contributed by atoms with van der Waals surface area (Å²) in [4.78, 5) is 14.4. The van der Waals surface area contributed by atoms with Gasteiger partial charge in [-0.05, 0) is 101 Å². The number of nitrogens with zero attached hydrogens (tertiary/aromatic N) is 1. The predicted octanol–water partition coefficient (Wildman–Crippen LogP) is 11.3. The van der Waals surface area contributed by atoms with E-state index in [1.807, 2.05) is 72.8 Å². The molecule has 4 aromatic rings. The first kappa shape index (κ1) is 56.7. The Morgan fingerprint density at radius 2 is 1.25 bits per heavy atom. The minimum Gasteiger partial charge on any atom is -0.496 e. The number of halogens is 1. The number of ether oxygens (including phenoxy) is 8. The molecule has 3 unspecified atom stereocenters. The molecule has 0 amide bonds. The van der Waals surface area contributed by atoms with Crippen LogP contribution in [0.2, 0.25) is 0 Å². The van der Waals surface area contributed by atoms with Crippen LogP contribution in [0.1, 0.15) is 105 Å². The molecule has 0 radical (unpaired) electrons. The Morgan fingerprint density at radius 3 is 1.77 bits per heavy atom. The number of hydrogen-bond donors (Lipinski definition) is 2. The highest BCUT2D eigenvalue weighted by Crippen LogP contribution is 2.50. The van der Waals surface area contributed by atoms with Crippen LogP contribution in [0.4, 0.5) is 0 Å². The average molecular weight is 978 g/mol. The summed E-state index contributed by atoms with van der Waals surface area (Å²) >= 11 is 5.70. The second-order valence-corrected chi connectivity index (χ2v) is 18.3. The van der Waals surface area contributed by atoms with Gasteiger partial charge in [0.2, 0.25) is 13.6 Å². The average Bonchev–Trinajstić information content (AvgIpc) is 4.00. The molecule has 2 saturated carbocycles. The molecule has 2 saturated heterocycles. The SMILES string of the molecule is C.C.C.C.COc1ccccc1C1(C(=O)CCl)CCC1.COc1ccccc1C1(C(O)CN2CCCC(COc3ccc4c(c3)OCO4)C2)CCC1.c1cc2c(cc1OCC1CCCNC1)OCO2. The van der Waals surface area contributed by atoms with Crippen LogP contribution in [0.15, 0.2) is 84.9 Å². The third-order valence-corrected chi connectivity index (χ3v) is 14.3. The van der Waals surface area contributed by atoms with Gasteiger partial charge < -0.3 is 53.2 Å². The number of fused-ring (bicyclic) bond motifs is 2. The van der Waals surface area contributed by atoms with Crippen molar-refractivity contribution in [3.8, 4) is 46.0 Å². The molecule has 4 heterocycles. The van der Waals surface area contributed by atoms with Gasteiger partial charge in [0, 0.05) is 60.1 Å². The van der Waals surface area contributed by atoms with E-state index in [1.54, 1.807) is 14.2 Å². The molecule has 6 aliphatic rings. The number of ketones is 1. The second kappa shape index (κ2) is 26.9. The molecule has 4 fully saturated rings. The number of benzene rings is 4. The van der Waals surface area contributed by atoms with Crippen molar-refractivity contribution in [2.24, 2.45) is 11.8 Å². The van der Waals surface area contributed by atoms with Crippen LogP contribution >= 0.6 is 11.6 Å². The minimum atomic E-state index is -0.402. The molecule has 2 N–H and O–H groups in total. The maximum atomic E-state index is 12.0. The van der Waals surface area contributed by atoms with Crippen molar-refractivity contribution < 1.29 is 47.8 Å². The lowest BCUT2D eigenvalue weighted by Gasteiger charge is -2.48. The van der Waals surface area contributed by atoms with E-state index in [9.17, 15) is 9.90 Å². The highest BCUT2D eigenvalue weighted by Gasteiger charge is 2.48. The summed E-state index contributed by atoms with van der Waals surface area (Å²) in [6.07, 6.45) is 10.4. The monoisotopic (exact) mass is 977 g/mol. The molecular weight excluding hydrogens is 896 g/mol. The lowest BCUT2D eigenvalue weighted by atomic mass is 9.60. The third-order valence-electron chi connectivity index (χ3n) is 14.1. The van der Waals surface area contributed by atoms with Crippen molar-refractivity contribution in [2.45, 2.75) is 111 Å². The molecule has 4 aliphatic heterocycles. The number of methoxy groups -OCH3 is 2. The number of carbonyl (C=O) groups excluding carboxylic acids is 1. The Bertz CT molecular complexity index is 2170. The number of carbonyl (C=O) groups is 1. The number of aliphatic hydroxyl groups is 1. The fourth-order valence-electron chi connectivity index (χ4n) is 10.1. The number of hydrogen-bond acceptors (Lipinski definition) is 12. The van der Waals surface area contributed by atoms with Crippen LogP contribution in [0.5, 0.6) is 46.0 Å². The van der Waals surface area contributed by atoms with Crippen LogP contribution in [0.25, 0.3) is 0 Å². The highest BCUT2D eigenvalue weighted by atomic mass is 35.5. The van der Waals surface area contributed by atoms with Crippen LogP contribution in [-0.2, 0) is 15.6 Å². The zero-order valence-corrected chi connectivity index (χ0v) is 38.7. The molecular formula is C56H81ClN2O10. The normalized spacial score (nSPS) is 20.2. The van der Waals surface area contributed by atoms with Crippen molar-refractivity contribution in [3.63, 3.8) is 0 Å². The Morgan fingerprint density at radius 1 is 0.710 bits per heavy atom. The maximum absolute atomic E-state index is 12.0. The summed E-state index contributed by atoms with van der Waals surface area (Å²) in [5.74, 6) is 7.73. The number of rotatable bonds is 15. The minimum absolute atomic E-state index is 0. The fraction of sp³-hybridized carbons (Fsp3) is 0.554. The number of aliphatic hydroxyl groups excluding tert-OH is 1. The first-order valence-electron chi connectivity index (χ1n) is 23.4. The highest BCUT2D eigenvalue weighted by molar-refractivity contribution is 6.29. The van der Waals surface area contributed by atoms with Gasteiger partial charge in [-0.15, -0.1) is 11.6 Å². The van der Waals surface area contributed by atoms with Crippen molar-refractivity contribution in [3.05, 3.63) is 96.1 Å². The smallest absolute Gasteiger partial charge is 0.231 e. The van der Waals surface area contributed by atoms with E-state index in [0.29, 0.717) is 31.8 Å². The van der Waals surface area contributed by atoms with Crippen LogP contribution in [0, 0.1) is 11.8 Å². The molecule has 2 aliphatic carbocycles. The number of piperidine rings is 2. The summed E-state index contributed by atoms with van der Waals surface area (Å²) in [6.45, 7) is 6.89. The van der Waals surface area contributed by atoms with Crippen molar-refractivity contribution in [1.29, 1.82) is 0 Å². The Balaban J connectivity index is 0.000000239. The zero-order valence-electron chi connectivity index (χ0n) is 37.9. The molecule has 10 rings (SSSR count). The molecule has 12 nitrogen and oxygen atoms in total. The summed E-state index contributed by atoms with van der Waals surface area (Å²) in [7, 11) is 3.35. The van der Waals surface area contributed by atoms with E-state index in [-0.39, 0.29) is 59.0 Å². The summed E-state index contributed by atoms with van der Waals surface area (Å²) in [5.41, 5.74) is 1.58. The third kappa shape index (κ3) is 13.3. The Kier molecular flexibility index (Phi) is 22.1. The zero-order chi connectivity index (χ0) is 45.1. The molecule has 69 heavy (non-hydrogen) atoms. The van der Waals surface area contributed by atoms with Gasteiger partial charge in [0.25, 0.3) is 0 Å². The molecule has 13 heteroatoms. The fourth-order valence-corrected chi connectivity index (χ4v) is 10.3. The Labute approximate surface area is 418 Å². The standard InChI is InChI=1S/C26H33NO5.C13H15ClO2.C13H17NO3.4CH4/c1-29-22-8-3-2-7-21(22)26(11-5-12-26)25(28)16-27-13-4-6-19(15-27)17-30-20-9-10-23-24(14-20)32-18-31-23;1-16-11-6-3-2-5-10(11)13(7-4-8-13)12(15)9-14;1-2-10(7-14-5-1)8-15-11-3-4-12-13(6-11)17-9-16-12;;;;/h2-3,7-10,14,19,25,28H,4-6,11-13,15-18H2,1H3;2-3,5-6H,4,7-9H2,1H3;3-4,6,10,14H,1-2,5,7-9H2;4*1H4. The van der Waals surface area contributed by atoms with Gasteiger partial charge in [0.05, 0.1) is 44.8 Å². The summed E-state index contributed by atoms with van der Waals surface area (Å²) < 4.78 is 44.2. The number of β-amino-alcohol motifs (C(OH)–C–C–N with tert-alkyl or cyclic N) is 1. The van der Waals surface area contributed by atoms with Crippen LogP contribution in [0.3, 0.4) is 0 Å². The van der Waals surface area contributed by atoms with E-state index in [0.717, 1.165) is 141 Å². The van der Waals surface area contributed by atoms with Crippen molar-refractivity contribution in [1.82, 2.24) is 10.2 Å². The lowest BCUT2D eigenvalue weighted by molar-refractivity contribution is -0.125. The van der Waals surface area contributed by atoms with Gasteiger partial charge in [-0.1, -0.05) is 78.9 Å². The predicted molar refractivity (Wildman–Crippen MR) is 277 cm³/mol. The molecule has 4 aromatic carbocycles. The first-order valence-corrected chi connectivity index (χ1v) is 23.9. The van der Waals surface area contributed by atoms with Crippen LogP contribution in [-0.4, -0.2) is 102 Å². The summed E-state index contributed by atoms with van der Waals surface area (Å²) in [6, 6.07) is 27.4. The van der Waals surface area contributed by atoms with E-state index in [4.69, 9.17) is 49.5 Å². The number of Topliss-reactive ketones (excluding diaryl/α,β-unsaturated/α-hetero) is 1. The van der Waals surface area contributed by atoms with E-state index in [1.165, 1.54) is 12.8 Å². The van der Waals surface area contributed by atoms with E-state index >= 15 is 0 Å². The maximum Gasteiger partial charge on any atom is 0.231 e.